The third kappa shape index (κ3) is 5.65. The largest absolute Gasteiger partial charge is 0.393 e. The minimum Gasteiger partial charge on any atom is -0.393 e. The molecule has 0 spiro atoms. The highest BCUT2D eigenvalue weighted by atomic mass is 16.3. The standard InChI is InChI=1S/C11H18O3/c1-2-5-11(14)10(6-3-8-12)7-4-9-13/h2,8-11,14H,1,3-7H2. The van der Waals surface area contributed by atoms with Gasteiger partial charge in [-0.3, -0.25) is 0 Å². The van der Waals surface area contributed by atoms with Gasteiger partial charge in [0.15, 0.2) is 0 Å². The van der Waals surface area contributed by atoms with Crippen molar-refractivity contribution in [1.29, 1.82) is 0 Å². The smallest absolute Gasteiger partial charge is 0.120 e. The molecular formula is C11H18O3. The first kappa shape index (κ1) is 13.0. The van der Waals surface area contributed by atoms with Crippen LogP contribution in [0.15, 0.2) is 12.7 Å². The van der Waals surface area contributed by atoms with Crippen molar-refractivity contribution in [2.45, 2.75) is 38.2 Å². The van der Waals surface area contributed by atoms with Gasteiger partial charge in [0.05, 0.1) is 6.10 Å². The molecule has 0 aromatic rings. The van der Waals surface area contributed by atoms with Gasteiger partial charge in [-0.2, -0.15) is 0 Å². The zero-order valence-corrected chi connectivity index (χ0v) is 8.39. The van der Waals surface area contributed by atoms with Crippen molar-refractivity contribution in [3.8, 4) is 0 Å². The molecule has 0 rings (SSSR count). The highest BCUT2D eigenvalue weighted by Gasteiger charge is 2.16. The summed E-state index contributed by atoms with van der Waals surface area (Å²) < 4.78 is 0. The minimum absolute atomic E-state index is 0.0309. The molecule has 0 aliphatic carbocycles. The highest BCUT2D eigenvalue weighted by molar-refractivity contribution is 5.50. The first-order valence-electron chi connectivity index (χ1n) is 4.92. The van der Waals surface area contributed by atoms with Gasteiger partial charge in [0.2, 0.25) is 0 Å². The fourth-order valence-corrected chi connectivity index (χ4v) is 1.46. The Bertz CT molecular complexity index is 165. The van der Waals surface area contributed by atoms with Gasteiger partial charge >= 0.3 is 0 Å². The molecule has 0 bridgehead atoms. The Morgan fingerprint density at radius 1 is 1.14 bits per heavy atom. The Kier molecular flexibility index (Phi) is 8.04. The number of aldehydes is 2. The van der Waals surface area contributed by atoms with Crippen LogP contribution >= 0.6 is 0 Å². The molecule has 1 atom stereocenters. The molecular weight excluding hydrogens is 180 g/mol. The molecule has 1 unspecified atom stereocenters. The second-order valence-electron chi connectivity index (χ2n) is 3.34. The Morgan fingerprint density at radius 3 is 2.00 bits per heavy atom. The number of hydrogen-bond acceptors (Lipinski definition) is 3. The molecule has 0 fully saturated rings. The molecule has 3 nitrogen and oxygen atoms in total. The van der Waals surface area contributed by atoms with Crippen LogP contribution in [-0.4, -0.2) is 23.8 Å². The average Bonchev–Trinajstić information content (AvgIpc) is 2.18. The first-order valence-corrected chi connectivity index (χ1v) is 4.92. The molecule has 0 aliphatic rings. The summed E-state index contributed by atoms with van der Waals surface area (Å²) in [4.78, 5) is 20.4. The predicted molar refractivity (Wildman–Crippen MR) is 54.9 cm³/mol. The molecule has 1 N–H and O–H groups in total. The van der Waals surface area contributed by atoms with Crippen LogP contribution in [0.1, 0.15) is 32.1 Å². The fraction of sp³-hybridized carbons (Fsp3) is 0.636. The van der Waals surface area contributed by atoms with Gasteiger partial charge < -0.3 is 14.7 Å². The summed E-state index contributed by atoms with van der Waals surface area (Å²) in [5.41, 5.74) is 0. The van der Waals surface area contributed by atoms with Crippen molar-refractivity contribution in [1.82, 2.24) is 0 Å². The normalized spacial score (nSPS) is 12.4. The average molecular weight is 198 g/mol. The van der Waals surface area contributed by atoms with Crippen LogP contribution in [0.3, 0.4) is 0 Å². The molecule has 0 aromatic carbocycles. The quantitative estimate of drug-likeness (QED) is 0.451. The third-order valence-corrected chi connectivity index (χ3v) is 2.26. The zero-order chi connectivity index (χ0) is 10.8. The van der Waals surface area contributed by atoms with Crippen molar-refractivity contribution in [3.05, 3.63) is 12.7 Å². The maximum Gasteiger partial charge on any atom is 0.120 e. The van der Waals surface area contributed by atoms with E-state index in [-0.39, 0.29) is 5.92 Å². The molecule has 0 radical (unpaired) electrons. The van der Waals surface area contributed by atoms with E-state index >= 15 is 0 Å². The summed E-state index contributed by atoms with van der Waals surface area (Å²) in [6.07, 6.45) is 5.55. The summed E-state index contributed by atoms with van der Waals surface area (Å²) >= 11 is 0. The number of rotatable bonds is 9. The number of carbonyl (C=O) groups is 2. The molecule has 0 amide bonds. The molecule has 80 valence electrons. The van der Waals surface area contributed by atoms with Crippen LogP contribution in [-0.2, 0) is 9.59 Å². The molecule has 14 heavy (non-hydrogen) atoms. The van der Waals surface area contributed by atoms with Crippen molar-refractivity contribution < 1.29 is 14.7 Å². The van der Waals surface area contributed by atoms with Crippen LogP contribution in [0.25, 0.3) is 0 Å². The first-order chi connectivity index (χ1) is 6.76. The van der Waals surface area contributed by atoms with Crippen molar-refractivity contribution in [2.75, 3.05) is 0 Å². The zero-order valence-electron chi connectivity index (χ0n) is 8.39. The van der Waals surface area contributed by atoms with Gasteiger partial charge in [-0.05, 0) is 25.2 Å². The summed E-state index contributed by atoms with van der Waals surface area (Å²) in [7, 11) is 0. The predicted octanol–water partition coefficient (Wildman–Crippen LogP) is 1.50. The van der Waals surface area contributed by atoms with Crippen molar-refractivity contribution >= 4 is 12.6 Å². The van der Waals surface area contributed by atoms with E-state index in [1.54, 1.807) is 6.08 Å². The second-order valence-corrected chi connectivity index (χ2v) is 3.34. The van der Waals surface area contributed by atoms with Gasteiger partial charge in [-0.25, -0.2) is 0 Å². The van der Waals surface area contributed by atoms with Crippen LogP contribution in [0.4, 0.5) is 0 Å². The van der Waals surface area contributed by atoms with E-state index in [0.29, 0.717) is 32.1 Å². The minimum atomic E-state index is -0.479. The van der Waals surface area contributed by atoms with Crippen LogP contribution in [0.5, 0.6) is 0 Å². The van der Waals surface area contributed by atoms with E-state index in [1.165, 1.54) is 0 Å². The third-order valence-electron chi connectivity index (χ3n) is 2.26. The molecule has 0 aliphatic heterocycles. The van der Waals surface area contributed by atoms with Crippen LogP contribution in [0.2, 0.25) is 0 Å². The molecule has 0 saturated carbocycles. The lowest BCUT2D eigenvalue weighted by Crippen LogP contribution is -2.20. The second kappa shape index (κ2) is 8.63. The Hall–Kier alpha value is -0.960. The Morgan fingerprint density at radius 2 is 1.64 bits per heavy atom. The van der Waals surface area contributed by atoms with E-state index in [0.717, 1.165) is 12.6 Å². The monoisotopic (exact) mass is 198 g/mol. The highest BCUT2D eigenvalue weighted by Crippen LogP contribution is 2.19. The summed E-state index contributed by atoms with van der Waals surface area (Å²) in [6.45, 7) is 3.54. The number of aliphatic hydroxyl groups is 1. The SMILES string of the molecule is C=CCC(O)C(CCC=O)CCC=O. The Labute approximate surface area is 84.8 Å². The maximum absolute atomic E-state index is 10.2. The van der Waals surface area contributed by atoms with Crippen LogP contribution in [0, 0.1) is 5.92 Å². The van der Waals surface area contributed by atoms with Gasteiger partial charge in [0.1, 0.15) is 12.6 Å². The lowest BCUT2D eigenvalue weighted by Gasteiger charge is -2.20. The van der Waals surface area contributed by atoms with E-state index in [4.69, 9.17) is 0 Å². The van der Waals surface area contributed by atoms with E-state index < -0.39 is 6.10 Å². The van der Waals surface area contributed by atoms with Crippen molar-refractivity contribution in [2.24, 2.45) is 5.92 Å². The number of hydrogen-bond donors (Lipinski definition) is 1. The Balaban J connectivity index is 3.98. The lowest BCUT2D eigenvalue weighted by molar-refractivity contribution is -0.108. The molecule has 0 heterocycles. The van der Waals surface area contributed by atoms with E-state index in [9.17, 15) is 14.7 Å². The topological polar surface area (TPSA) is 54.4 Å². The van der Waals surface area contributed by atoms with Gasteiger partial charge in [0.25, 0.3) is 0 Å². The number of aliphatic hydroxyl groups excluding tert-OH is 1. The van der Waals surface area contributed by atoms with Gasteiger partial charge in [-0.1, -0.05) is 6.08 Å². The molecule has 0 aromatic heterocycles. The van der Waals surface area contributed by atoms with E-state index in [2.05, 4.69) is 6.58 Å². The lowest BCUT2D eigenvalue weighted by atomic mass is 9.90. The fourth-order valence-electron chi connectivity index (χ4n) is 1.46. The summed E-state index contributed by atoms with van der Waals surface area (Å²) in [5.74, 6) is 0.0309. The summed E-state index contributed by atoms with van der Waals surface area (Å²) in [6, 6.07) is 0. The van der Waals surface area contributed by atoms with Gasteiger partial charge in [-0.15, -0.1) is 6.58 Å². The van der Waals surface area contributed by atoms with E-state index in [1.807, 2.05) is 0 Å². The van der Waals surface area contributed by atoms with Crippen molar-refractivity contribution in [3.63, 3.8) is 0 Å². The number of carbonyl (C=O) groups excluding carboxylic acids is 2. The summed E-state index contributed by atoms with van der Waals surface area (Å²) in [5, 5.41) is 9.66. The van der Waals surface area contributed by atoms with Gasteiger partial charge in [0, 0.05) is 12.8 Å². The molecule has 0 saturated heterocycles. The van der Waals surface area contributed by atoms with Crippen LogP contribution < -0.4 is 0 Å². The maximum atomic E-state index is 10.2. The molecule has 3 heteroatoms.